The van der Waals surface area contributed by atoms with Crippen LogP contribution in [0.1, 0.15) is 0 Å². The van der Waals surface area contributed by atoms with Gasteiger partial charge in [-0.25, -0.2) is 0 Å². The topological polar surface area (TPSA) is 4.93 Å². The van der Waals surface area contributed by atoms with Crippen molar-refractivity contribution in [2.75, 3.05) is 0 Å². The lowest BCUT2D eigenvalue weighted by Crippen LogP contribution is -1.97. The Bertz CT molecular complexity index is 1240. The lowest BCUT2D eigenvalue weighted by atomic mass is 9.98. The largest absolute Gasteiger partial charge is 0.309 e. The minimum atomic E-state index is 1.09. The van der Waals surface area contributed by atoms with Crippen molar-refractivity contribution in [1.82, 2.24) is 4.57 Å². The second kappa shape index (κ2) is 7.14. The average Bonchev–Trinajstić information content (AvgIpc) is 3.11. The van der Waals surface area contributed by atoms with Crippen molar-refractivity contribution in [3.05, 3.63) is 114 Å². The first-order chi connectivity index (χ1) is 13.8. The van der Waals surface area contributed by atoms with Gasteiger partial charge in [-0.15, -0.1) is 0 Å². The Morgan fingerprint density at radius 1 is 0.536 bits per heavy atom. The van der Waals surface area contributed by atoms with Crippen LogP contribution >= 0.6 is 15.9 Å². The highest BCUT2D eigenvalue weighted by Gasteiger charge is 2.20. The van der Waals surface area contributed by atoms with E-state index in [1.807, 2.05) is 0 Å². The monoisotopic (exact) mass is 423 g/mol. The standard InChI is InChI=1S/C26H18BrN/c27-21-17-15-19(16-18-21)25-23-13-7-8-14-24(23)28(22-11-5-2-6-12-22)26(25)20-9-3-1-4-10-20/h1-18H. The van der Waals surface area contributed by atoms with Crippen LogP contribution in [0.5, 0.6) is 0 Å². The molecular weight excluding hydrogens is 406 g/mol. The van der Waals surface area contributed by atoms with Crippen molar-refractivity contribution < 1.29 is 0 Å². The summed E-state index contributed by atoms with van der Waals surface area (Å²) < 4.78 is 3.46. The molecule has 0 N–H and O–H groups in total. The highest BCUT2D eigenvalue weighted by molar-refractivity contribution is 9.10. The van der Waals surface area contributed by atoms with Crippen molar-refractivity contribution >= 4 is 26.8 Å². The third-order valence-corrected chi connectivity index (χ3v) is 5.60. The number of nitrogens with zero attached hydrogens (tertiary/aromatic N) is 1. The fraction of sp³-hybridized carbons (Fsp3) is 0. The summed E-state index contributed by atoms with van der Waals surface area (Å²) in [6, 6.07) is 38.5. The summed E-state index contributed by atoms with van der Waals surface area (Å²) in [4.78, 5) is 0. The van der Waals surface area contributed by atoms with Crippen LogP contribution in [0.25, 0.3) is 39.0 Å². The van der Waals surface area contributed by atoms with Gasteiger partial charge in [-0.3, -0.25) is 0 Å². The van der Waals surface area contributed by atoms with Crippen LogP contribution in [0, 0.1) is 0 Å². The molecule has 5 rings (SSSR count). The number of hydrogen-bond acceptors (Lipinski definition) is 0. The molecule has 0 fully saturated rings. The molecule has 0 saturated heterocycles. The minimum Gasteiger partial charge on any atom is -0.309 e. The molecule has 0 aliphatic rings. The first-order valence-electron chi connectivity index (χ1n) is 9.33. The molecule has 0 atom stereocenters. The summed E-state index contributed by atoms with van der Waals surface area (Å²) in [6.45, 7) is 0. The summed E-state index contributed by atoms with van der Waals surface area (Å²) in [5.41, 5.74) is 7.29. The molecule has 134 valence electrons. The predicted octanol–water partition coefficient (Wildman–Crippen LogP) is 7.73. The van der Waals surface area contributed by atoms with Gasteiger partial charge in [0.25, 0.3) is 0 Å². The maximum absolute atomic E-state index is 3.57. The number of fused-ring (bicyclic) bond motifs is 1. The van der Waals surface area contributed by atoms with Gasteiger partial charge < -0.3 is 4.57 Å². The number of hydrogen-bond donors (Lipinski definition) is 0. The quantitative estimate of drug-likeness (QED) is 0.279. The van der Waals surface area contributed by atoms with E-state index >= 15 is 0 Å². The molecule has 1 heterocycles. The fourth-order valence-electron chi connectivity index (χ4n) is 3.86. The Labute approximate surface area is 173 Å². The lowest BCUT2D eigenvalue weighted by Gasteiger charge is -2.13. The summed E-state index contributed by atoms with van der Waals surface area (Å²) in [6.07, 6.45) is 0. The molecule has 1 aromatic heterocycles. The summed E-state index contributed by atoms with van der Waals surface area (Å²) in [7, 11) is 0. The first kappa shape index (κ1) is 17.0. The van der Waals surface area contributed by atoms with E-state index < -0.39 is 0 Å². The van der Waals surface area contributed by atoms with Crippen molar-refractivity contribution in [3.63, 3.8) is 0 Å². The number of rotatable bonds is 3. The Morgan fingerprint density at radius 3 is 1.86 bits per heavy atom. The Kier molecular flexibility index (Phi) is 4.34. The van der Waals surface area contributed by atoms with Gasteiger partial charge in [0.05, 0.1) is 11.2 Å². The number of benzene rings is 4. The molecule has 0 radical (unpaired) electrons. The molecular formula is C26H18BrN. The van der Waals surface area contributed by atoms with Gasteiger partial charge in [0.2, 0.25) is 0 Å². The number of aromatic nitrogens is 1. The molecule has 2 heteroatoms. The molecule has 0 amide bonds. The Hall–Kier alpha value is -3.10. The molecule has 28 heavy (non-hydrogen) atoms. The molecule has 5 aromatic rings. The van der Waals surface area contributed by atoms with E-state index in [4.69, 9.17) is 0 Å². The van der Waals surface area contributed by atoms with Crippen molar-refractivity contribution in [3.8, 4) is 28.1 Å². The molecule has 0 aliphatic heterocycles. The summed E-state index contributed by atoms with van der Waals surface area (Å²) in [5, 5.41) is 1.26. The van der Waals surface area contributed by atoms with Crippen LogP contribution in [-0.2, 0) is 0 Å². The molecule has 1 nitrogen and oxygen atoms in total. The zero-order chi connectivity index (χ0) is 18.9. The zero-order valence-electron chi connectivity index (χ0n) is 15.2. The molecule has 0 bridgehead atoms. The molecule has 4 aromatic carbocycles. The third kappa shape index (κ3) is 2.87. The third-order valence-electron chi connectivity index (χ3n) is 5.07. The summed E-state index contributed by atoms with van der Waals surface area (Å²) in [5.74, 6) is 0. The van der Waals surface area contributed by atoms with E-state index in [1.165, 1.54) is 39.0 Å². The SMILES string of the molecule is Brc1ccc(-c2c(-c3ccccc3)n(-c3ccccc3)c3ccccc23)cc1. The Morgan fingerprint density at radius 2 is 1.14 bits per heavy atom. The smallest absolute Gasteiger partial charge is 0.0619 e. The van der Waals surface area contributed by atoms with Gasteiger partial charge in [0.1, 0.15) is 0 Å². The van der Waals surface area contributed by atoms with Gasteiger partial charge >= 0.3 is 0 Å². The van der Waals surface area contributed by atoms with E-state index in [0.29, 0.717) is 0 Å². The van der Waals surface area contributed by atoms with E-state index in [1.54, 1.807) is 0 Å². The van der Waals surface area contributed by atoms with Crippen molar-refractivity contribution in [2.24, 2.45) is 0 Å². The van der Waals surface area contributed by atoms with Crippen LogP contribution in [0.4, 0.5) is 0 Å². The van der Waals surface area contributed by atoms with Gasteiger partial charge in [-0.1, -0.05) is 94.8 Å². The second-order valence-corrected chi connectivity index (χ2v) is 7.70. The molecule has 0 unspecified atom stereocenters. The normalized spacial score (nSPS) is 11.0. The van der Waals surface area contributed by atoms with Gasteiger partial charge in [0, 0.05) is 21.1 Å². The van der Waals surface area contributed by atoms with Crippen LogP contribution in [0.2, 0.25) is 0 Å². The predicted molar refractivity (Wildman–Crippen MR) is 122 cm³/mol. The lowest BCUT2D eigenvalue weighted by molar-refractivity contribution is 1.13. The molecule has 0 aliphatic carbocycles. The Balaban J connectivity index is 1.95. The fourth-order valence-corrected chi connectivity index (χ4v) is 4.13. The van der Waals surface area contributed by atoms with Gasteiger partial charge in [-0.05, 0) is 41.5 Å². The van der Waals surface area contributed by atoms with Crippen LogP contribution in [0.15, 0.2) is 114 Å². The van der Waals surface area contributed by atoms with E-state index in [2.05, 4.69) is 130 Å². The first-order valence-corrected chi connectivity index (χ1v) is 10.1. The number of para-hydroxylation sites is 2. The maximum atomic E-state index is 3.57. The highest BCUT2D eigenvalue weighted by Crippen LogP contribution is 2.42. The zero-order valence-corrected chi connectivity index (χ0v) is 16.8. The summed E-state index contributed by atoms with van der Waals surface area (Å²) >= 11 is 3.57. The minimum absolute atomic E-state index is 1.09. The van der Waals surface area contributed by atoms with E-state index in [0.717, 1.165) is 4.47 Å². The van der Waals surface area contributed by atoms with Crippen LogP contribution in [0.3, 0.4) is 0 Å². The van der Waals surface area contributed by atoms with E-state index in [-0.39, 0.29) is 0 Å². The van der Waals surface area contributed by atoms with Crippen LogP contribution < -0.4 is 0 Å². The highest BCUT2D eigenvalue weighted by atomic mass is 79.9. The molecule has 0 saturated carbocycles. The average molecular weight is 424 g/mol. The maximum Gasteiger partial charge on any atom is 0.0619 e. The van der Waals surface area contributed by atoms with Crippen LogP contribution in [-0.4, -0.2) is 4.57 Å². The number of halogens is 1. The molecule has 0 spiro atoms. The second-order valence-electron chi connectivity index (χ2n) is 6.78. The van der Waals surface area contributed by atoms with Gasteiger partial charge in [0.15, 0.2) is 0 Å². The van der Waals surface area contributed by atoms with Gasteiger partial charge in [-0.2, -0.15) is 0 Å². The van der Waals surface area contributed by atoms with Crippen molar-refractivity contribution in [1.29, 1.82) is 0 Å². The van der Waals surface area contributed by atoms with Crippen molar-refractivity contribution in [2.45, 2.75) is 0 Å². The van der Waals surface area contributed by atoms with E-state index in [9.17, 15) is 0 Å².